The number of urea groups is 1. The number of hydrogen-bond donors (Lipinski definition) is 4. The number of aromatic amines is 1. The first-order chi connectivity index (χ1) is 19.8. The van der Waals surface area contributed by atoms with Crippen molar-refractivity contribution in [3.8, 4) is 0 Å². The first-order valence-corrected chi connectivity index (χ1v) is 14.8. The summed E-state index contributed by atoms with van der Waals surface area (Å²) in [5.74, 6) is -0.0650. The molecule has 0 unspecified atom stereocenters. The van der Waals surface area contributed by atoms with Gasteiger partial charge in [-0.2, -0.15) is 0 Å². The number of benzene rings is 2. The highest BCUT2D eigenvalue weighted by molar-refractivity contribution is 5.90. The molecule has 3 aliphatic rings. The van der Waals surface area contributed by atoms with Gasteiger partial charge in [-0.25, -0.2) is 4.79 Å². The average molecular weight is 557 g/mol. The molecule has 1 aromatic heterocycles. The molecule has 216 valence electrons. The lowest BCUT2D eigenvalue weighted by atomic mass is 9.73. The lowest BCUT2D eigenvalue weighted by Crippen LogP contribution is -2.56. The Labute approximate surface area is 241 Å². The number of H-pyrrole nitrogens is 1. The van der Waals surface area contributed by atoms with Crippen molar-refractivity contribution >= 4 is 28.7 Å². The van der Waals surface area contributed by atoms with Crippen molar-refractivity contribution in [3.05, 3.63) is 71.4 Å². The number of hydrogen-bond acceptors (Lipinski definition) is 4. The minimum Gasteiger partial charge on any atom is -0.361 e. The van der Waals surface area contributed by atoms with Gasteiger partial charge in [-0.1, -0.05) is 42.5 Å². The van der Waals surface area contributed by atoms with E-state index in [-0.39, 0.29) is 35.2 Å². The third kappa shape index (κ3) is 5.30. The van der Waals surface area contributed by atoms with Crippen molar-refractivity contribution in [2.45, 2.75) is 55.5 Å². The number of likely N-dealkylation sites (tertiary alicyclic amines) is 1. The molecule has 2 aliphatic heterocycles. The van der Waals surface area contributed by atoms with Crippen molar-refractivity contribution in [3.63, 3.8) is 0 Å². The summed E-state index contributed by atoms with van der Waals surface area (Å²) in [6, 6.07) is 15.4. The van der Waals surface area contributed by atoms with Crippen LogP contribution in [0.25, 0.3) is 10.9 Å². The van der Waals surface area contributed by atoms with Gasteiger partial charge < -0.3 is 30.7 Å². The first-order valence-electron chi connectivity index (χ1n) is 14.8. The summed E-state index contributed by atoms with van der Waals surface area (Å²) in [5.41, 5.74) is 4.28. The van der Waals surface area contributed by atoms with E-state index in [9.17, 15) is 14.4 Å². The highest BCUT2D eigenvalue weighted by Crippen LogP contribution is 2.52. The van der Waals surface area contributed by atoms with Crippen LogP contribution in [0.3, 0.4) is 0 Å². The van der Waals surface area contributed by atoms with Gasteiger partial charge in [-0.3, -0.25) is 9.59 Å². The normalized spacial score (nSPS) is 22.0. The van der Waals surface area contributed by atoms with Gasteiger partial charge in [0.25, 0.3) is 0 Å². The molecular formula is C32H40N6O3. The fourth-order valence-electron chi connectivity index (χ4n) is 7.16. The maximum Gasteiger partial charge on any atom is 0.315 e. The third-order valence-electron chi connectivity index (χ3n) is 9.37. The van der Waals surface area contributed by atoms with Crippen molar-refractivity contribution in [2.75, 3.05) is 40.3 Å². The fraction of sp³-hybridized carbons (Fsp3) is 0.469. The number of amides is 4. The Bertz CT molecular complexity index is 1430. The molecule has 3 heterocycles. The van der Waals surface area contributed by atoms with E-state index in [1.54, 1.807) is 4.90 Å². The molecule has 0 bridgehead atoms. The van der Waals surface area contributed by atoms with Gasteiger partial charge in [-0.15, -0.1) is 0 Å². The number of rotatable bonds is 6. The molecule has 2 aromatic carbocycles. The minimum absolute atomic E-state index is 0.0583. The zero-order valence-corrected chi connectivity index (χ0v) is 23.9. The molecule has 0 radical (unpaired) electrons. The molecule has 1 spiro atoms. The van der Waals surface area contributed by atoms with Crippen LogP contribution in [-0.4, -0.2) is 85.0 Å². The minimum atomic E-state index is -0.684. The number of nitrogens with zero attached hydrogens (tertiary/aromatic N) is 2. The second kappa shape index (κ2) is 11.2. The van der Waals surface area contributed by atoms with Crippen LogP contribution in [0.2, 0.25) is 0 Å². The van der Waals surface area contributed by atoms with E-state index in [4.69, 9.17) is 0 Å². The zero-order valence-electron chi connectivity index (χ0n) is 23.9. The number of carbonyl (C=O) groups is 3. The van der Waals surface area contributed by atoms with Crippen molar-refractivity contribution in [1.82, 2.24) is 30.7 Å². The molecule has 0 saturated carbocycles. The molecular weight excluding hydrogens is 516 g/mol. The topological polar surface area (TPSA) is 110 Å². The van der Waals surface area contributed by atoms with Crippen LogP contribution < -0.4 is 16.0 Å². The largest absolute Gasteiger partial charge is 0.361 e. The Hall–Kier alpha value is -3.85. The molecule has 3 aromatic rings. The van der Waals surface area contributed by atoms with Gasteiger partial charge in [0, 0.05) is 68.7 Å². The number of para-hydroxylation sites is 1. The molecule has 1 aliphatic carbocycles. The monoisotopic (exact) mass is 556 g/mol. The van der Waals surface area contributed by atoms with Gasteiger partial charge in [0.15, 0.2) is 0 Å². The summed E-state index contributed by atoms with van der Waals surface area (Å²) in [7, 11) is 3.63. The standard InChI is InChI=1S/C32H40N6O3/c1-37(2)29(39)25-18-32(26-9-5-3-8-24(25)26)12-15-38(16-13-32)30(40)28(36-31(41)35-22-11-14-33-20-22)17-21-19-34-27-10-6-4-7-23(21)27/h3-10,19,22,25,28,33-34H,11-18,20H2,1-2H3,(H2,35,36,41)/t22-,25-,28-/m1/s1. The molecule has 9 heteroatoms. The zero-order chi connectivity index (χ0) is 28.6. The van der Waals surface area contributed by atoms with E-state index in [2.05, 4.69) is 39.1 Å². The molecule has 3 atom stereocenters. The second-order valence-electron chi connectivity index (χ2n) is 12.1. The van der Waals surface area contributed by atoms with Crippen molar-refractivity contribution in [1.29, 1.82) is 0 Å². The molecule has 2 saturated heterocycles. The Morgan fingerprint density at radius 2 is 1.83 bits per heavy atom. The number of fused-ring (bicyclic) bond motifs is 3. The van der Waals surface area contributed by atoms with E-state index in [0.29, 0.717) is 19.5 Å². The summed E-state index contributed by atoms with van der Waals surface area (Å²) in [4.78, 5) is 47.0. The van der Waals surface area contributed by atoms with Crippen LogP contribution in [0.5, 0.6) is 0 Å². The number of nitrogens with one attached hydrogen (secondary N) is 4. The molecule has 2 fully saturated rings. The quantitative estimate of drug-likeness (QED) is 0.374. The Kier molecular flexibility index (Phi) is 7.46. The molecule has 41 heavy (non-hydrogen) atoms. The van der Waals surface area contributed by atoms with E-state index in [1.165, 1.54) is 5.56 Å². The average Bonchev–Trinajstić information content (AvgIpc) is 3.72. The van der Waals surface area contributed by atoms with Gasteiger partial charge in [0.2, 0.25) is 11.8 Å². The van der Waals surface area contributed by atoms with E-state index in [1.807, 2.05) is 55.5 Å². The van der Waals surface area contributed by atoms with Gasteiger partial charge in [0.1, 0.15) is 6.04 Å². The van der Waals surface area contributed by atoms with Gasteiger partial charge in [-0.05, 0) is 55.0 Å². The van der Waals surface area contributed by atoms with E-state index < -0.39 is 6.04 Å². The Balaban J connectivity index is 1.19. The van der Waals surface area contributed by atoms with Crippen LogP contribution in [-0.2, 0) is 21.4 Å². The van der Waals surface area contributed by atoms with Crippen molar-refractivity contribution < 1.29 is 14.4 Å². The number of aromatic nitrogens is 1. The molecule has 6 rings (SSSR count). The summed E-state index contributed by atoms with van der Waals surface area (Å²) < 4.78 is 0. The van der Waals surface area contributed by atoms with Gasteiger partial charge >= 0.3 is 6.03 Å². The SMILES string of the molecule is CN(C)C(=O)[C@@H]1CC2(CCN(C(=O)[C@@H](Cc3c[nH]c4ccccc34)NC(=O)N[C@@H]3CCNC3)CC2)c2ccccc21. The molecule has 4 N–H and O–H groups in total. The summed E-state index contributed by atoms with van der Waals surface area (Å²) in [6.07, 6.45) is 5.60. The van der Waals surface area contributed by atoms with E-state index >= 15 is 0 Å². The maximum atomic E-state index is 14.0. The second-order valence-corrected chi connectivity index (χ2v) is 12.1. The smallest absolute Gasteiger partial charge is 0.315 e. The van der Waals surface area contributed by atoms with Crippen LogP contribution >= 0.6 is 0 Å². The van der Waals surface area contributed by atoms with Crippen LogP contribution in [0.4, 0.5) is 4.79 Å². The number of likely N-dealkylation sites (N-methyl/N-ethyl adjacent to an activating group) is 1. The van der Waals surface area contributed by atoms with Crippen molar-refractivity contribution in [2.24, 2.45) is 0 Å². The first kappa shape index (κ1) is 27.3. The Morgan fingerprint density at radius 3 is 2.59 bits per heavy atom. The molecule has 9 nitrogen and oxygen atoms in total. The summed E-state index contributed by atoms with van der Waals surface area (Å²) in [6.45, 7) is 2.80. The lowest BCUT2D eigenvalue weighted by molar-refractivity contribution is -0.135. The number of carbonyl (C=O) groups excluding carboxylic acids is 3. The van der Waals surface area contributed by atoms with Crippen LogP contribution in [0.1, 0.15) is 48.3 Å². The lowest BCUT2D eigenvalue weighted by Gasteiger charge is -2.41. The Morgan fingerprint density at radius 1 is 1.07 bits per heavy atom. The van der Waals surface area contributed by atoms with Gasteiger partial charge in [0.05, 0.1) is 5.92 Å². The maximum absolute atomic E-state index is 14.0. The highest BCUT2D eigenvalue weighted by atomic mass is 16.2. The predicted octanol–water partition coefficient (Wildman–Crippen LogP) is 2.88. The summed E-state index contributed by atoms with van der Waals surface area (Å²) in [5, 5.41) is 10.4. The summed E-state index contributed by atoms with van der Waals surface area (Å²) >= 11 is 0. The van der Waals surface area contributed by atoms with Crippen LogP contribution in [0.15, 0.2) is 54.7 Å². The number of piperidine rings is 1. The van der Waals surface area contributed by atoms with Crippen LogP contribution in [0, 0.1) is 0 Å². The fourth-order valence-corrected chi connectivity index (χ4v) is 7.16. The molecule has 4 amide bonds. The van der Waals surface area contributed by atoms with E-state index in [0.717, 1.165) is 60.8 Å². The third-order valence-corrected chi connectivity index (χ3v) is 9.37. The predicted molar refractivity (Wildman–Crippen MR) is 159 cm³/mol. The highest BCUT2D eigenvalue weighted by Gasteiger charge is 2.48.